The van der Waals surface area contributed by atoms with Gasteiger partial charge in [0.05, 0.1) is 11.4 Å². The van der Waals surface area contributed by atoms with E-state index in [1.807, 2.05) is 54.6 Å². The second-order valence-corrected chi connectivity index (χ2v) is 4.28. The first-order chi connectivity index (χ1) is 9.88. The Morgan fingerprint density at radius 3 is 1.90 bits per heavy atom. The molecule has 96 valence electrons. The van der Waals surface area contributed by atoms with E-state index in [2.05, 4.69) is 15.4 Å². The van der Waals surface area contributed by atoms with Crippen molar-refractivity contribution in [3.8, 4) is 0 Å². The van der Waals surface area contributed by atoms with Crippen LogP contribution in [0.25, 0.3) is 10.8 Å². The molecule has 0 saturated heterocycles. The molecule has 0 aliphatic rings. The molecule has 0 fully saturated rings. The second-order valence-electron chi connectivity index (χ2n) is 4.28. The van der Waals surface area contributed by atoms with E-state index in [0.717, 1.165) is 22.1 Å². The molecule has 0 amide bonds. The number of rotatable bonds is 3. The average Bonchev–Trinajstić information content (AvgIpc) is 2.53. The highest BCUT2D eigenvalue weighted by atomic mass is 16.3. The van der Waals surface area contributed by atoms with Gasteiger partial charge in [-0.25, -0.2) is 0 Å². The van der Waals surface area contributed by atoms with E-state index in [1.54, 1.807) is 12.1 Å². The van der Waals surface area contributed by atoms with Crippen molar-refractivity contribution >= 4 is 27.8 Å². The summed E-state index contributed by atoms with van der Waals surface area (Å²) in [6, 6.07) is 20.5. The van der Waals surface area contributed by atoms with E-state index in [-0.39, 0.29) is 0 Å². The Labute approximate surface area is 115 Å². The van der Waals surface area contributed by atoms with Crippen LogP contribution >= 0.6 is 0 Å². The van der Waals surface area contributed by atoms with Crippen LogP contribution in [-0.2, 0) is 0 Å². The van der Waals surface area contributed by atoms with Gasteiger partial charge in [-0.2, -0.15) is 5.11 Å². The van der Waals surface area contributed by atoms with Crippen LogP contribution in [0.3, 0.4) is 0 Å². The fourth-order valence-corrected chi connectivity index (χ4v) is 2.04. The van der Waals surface area contributed by atoms with Gasteiger partial charge in [0.2, 0.25) is 0 Å². The fraction of sp³-hybridized carbons (Fsp3) is 0. The van der Waals surface area contributed by atoms with Crippen molar-refractivity contribution in [3.63, 3.8) is 0 Å². The lowest BCUT2D eigenvalue weighted by molar-refractivity contribution is 1.24. The van der Waals surface area contributed by atoms with Crippen LogP contribution in [-0.4, -0.2) is 0 Å². The molecule has 0 saturated carbocycles. The van der Waals surface area contributed by atoms with Gasteiger partial charge in [-0.15, -0.1) is 10.0 Å². The molecule has 0 aliphatic heterocycles. The number of fused-ring (bicyclic) bond motifs is 1. The molecule has 3 aromatic rings. The van der Waals surface area contributed by atoms with Crippen molar-refractivity contribution in [3.05, 3.63) is 71.6 Å². The SMILES string of the molecule is O=Nc1ccc(N=Nc2ccccc2)c2ccccc12. The smallest absolute Gasteiger partial charge is 0.115 e. The van der Waals surface area contributed by atoms with E-state index in [9.17, 15) is 4.91 Å². The molecule has 0 atom stereocenters. The standard InChI is InChI=1S/C16H11N3O/c20-19-16-11-10-15(13-8-4-5-9-14(13)16)18-17-12-6-2-1-3-7-12/h1-11H. The van der Waals surface area contributed by atoms with Gasteiger partial charge in [0.25, 0.3) is 0 Å². The summed E-state index contributed by atoms with van der Waals surface area (Å²) >= 11 is 0. The normalized spacial score (nSPS) is 11.0. The third kappa shape index (κ3) is 2.31. The maximum atomic E-state index is 10.8. The highest BCUT2D eigenvalue weighted by molar-refractivity contribution is 5.99. The van der Waals surface area contributed by atoms with Crippen LogP contribution in [0.2, 0.25) is 0 Å². The quantitative estimate of drug-likeness (QED) is 0.443. The van der Waals surface area contributed by atoms with Crippen molar-refractivity contribution in [1.29, 1.82) is 0 Å². The molecule has 0 heterocycles. The Bertz CT molecular complexity index is 782. The van der Waals surface area contributed by atoms with E-state index >= 15 is 0 Å². The van der Waals surface area contributed by atoms with Crippen molar-refractivity contribution in [1.82, 2.24) is 0 Å². The molecular weight excluding hydrogens is 250 g/mol. The monoisotopic (exact) mass is 261 g/mol. The van der Waals surface area contributed by atoms with Crippen molar-refractivity contribution < 1.29 is 0 Å². The number of nitroso groups, excluding NO2 is 1. The van der Waals surface area contributed by atoms with E-state index in [1.165, 1.54) is 0 Å². The average molecular weight is 261 g/mol. The molecule has 0 spiro atoms. The highest BCUT2D eigenvalue weighted by Gasteiger charge is 2.05. The molecule has 0 bridgehead atoms. The molecule has 0 radical (unpaired) electrons. The zero-order chi connectivity index (χ0) is 13.8. The first kappa shape index (κ1) is 12.2. The number of hydrogen-bond donors (Lipinski definition) is 0. The van der Waals surface area contributed by atoms with Crippen LogP contribution in [0.1, 0.15) is 0 Å². The summed E-state index contributed by atoms with van der Waals surface area (Å²) in [5.74, 6) is 0. The van der Waals surface area contributed by atoms with Gasteiger partial charge in [0, 0.05) is 10.8 Å². The Kier molecular flexibility index (Phi) is 3.29. The van der Waals surface area contributed by atoms with Crippen LogP contribution in [0.15, 0.2) is 82.1 Å². The lowest BCUT2D eigenvalue weighted by Crippen LogP contribution is -1.74. The van der Waals surface area contributed by atoms with Gasteiger partial charge in [-0.05, 0) is 29.4 Å². The van der Waals surface area contributed by atoms with Gasteiger partial charge in [0.15, 0.2) is 0 Å². The van der Waals surface area contributed by atoms with E-state index < -0.39 is 0 Å². The molecule has 0 aliphatic carbocycles. The van der Waals surface area contributed by atoms with Crippen molar-refractivity contribution in [2.45, 2.75) is 0 Å². The first-order valence-electron chi connectivity index (χ1n) is 6.20. The predicted octanol–water partition coefficient (Wildman–Crippen LogP) is 5.65. The van der Waals surface area contributed by atoms with Crippen LogP contribution in [0, 0.1) is 4.91 Å². The zero-order valence-corrected chi connectivity index (χ0v) is 10.6. The Hall–Kier alpha value is -2.88. The van der Waals surface area contributed by atoms with Gasteiger partial charge < -0.3 is 0 Å². The van der Waals surface area contributed by atoms with Crippen molar-refractivity contribution in [2.75, 3.05) is 0 Å². The summed E-state index contributed by atoms with van der Waals surface area (Å²) < 4.78 is 0. The molecule has 4 nitrogen and oxygen atoms in total. The zero-order valence-electron chi connectivity index (χ0n) is 10.6. The van der Waals surface area contributed by atoms with Gasteiger partial charge in [0.1, 0.15) is 5.69 Å². The minimum Gasteiger partial charge on any atom is -0.151 e. The Morgan fingerprint density at radius 2 is 1.20 bits per heavy atom. The van der Waals surface area contributed by atoms with Crippen LogP contribution < -0.4 is 0 Å². The summed E-state index contributed by atoms with van der Waals surface area (Å²) in [5.41, 5.74) is 1.92. The van der Waals surface area contributed by atoms with E-state index in [4.69, 9.17) is 0 Å². The molecule has 3 aromatic carbocycles. The predicted molar refractivity (Wildman–Crippen MR) is 80.0 cm³/mol. The minimum atomic E-state index is 0.416. The summed E-state index contributed by atoms with van der Waals surface area (Å²) in [4.78, 5) is 10.8. The molecule has 0 N–H and O–H groups in total. The third-order valence-corrected chi connectivity index (χ3v) is 3.01. The maximum Gasteiger partial charge on any atom is 0.115 e. The van der Waals surface area contributed by atoms with Gasteiger partial charge >= 0.3 is 0 Å². The van der Waals surface area contributed by atoms with E-state index in [0.29, 0.717) is 5.69 Å². The molecule has 0 aromatic heterocycles. The number of azo groups is 1. The highest BCUT2D eigenvalue weighted by Crippen LogP contribution is 2.33. The maximum absolute atomic E-state index is 10.8. The number of hydrogen-bond acceptors (Lipinski definition) is 4. The van der Waals surface area contributed by atoms with Crippen LogP contribution in [0.4, 0.5) is 17.1 Å². The second kappa shape index (κ2) is 5.40. The largest absolute Gasteiger partial charge is 0.151 e. The van der Waals surface area contributed by atoms with Gasteiger partial charge in [-0.1, -0.05) is 42.5 Å². The number of benzene rings is 3. The molecule has 4 heteroatoms. The third-order valence-electron chi connectivity index (χ3n) is 3.01. The summed E-state index contributed by atoms with van der Waals surface area (Å²) in [7, 11) is 0. The Balaban J connectivity index is 2.09. The topological polar surface area (TPSA) is 54.1 Å². The minimum absolute atomic E-state index is 0.416. The van der Waals surface area contributed by atoms with Gasteiger partial charge in [-0.3, -0.25) is 0 Å². The lowest BCUT2D eigenvalue weighted by Gasteiger charge is -2.02. The summed E-state index contributed by atoms with van der Waals surface area (Å²) in [5, 5.41) is 13.1. The number of nitrogens with zero attached hydrogens (tertiary/aromatic N) is 3. The Morgan fingerprint density at radius 1 is 0.600 bits per heavy atom. The summed E-state index contributed by atoms with van der Waals surface area (Å²) in [6.07, 6.45) is 0. The molecular formula is C16H11N3O. The molecule has 0 unspecified atom stereocenters. The molecule has 3 rings (SSSR count). The lowest BCUT2D eigenvalue weighted by atomic mass is 10.1. The first-order valence-corrected chi connectivity index (χ1v) is 6.20. The fourth-order valence-electron chi connectivity index (χ4n) is 2.04. The van der Waals surface area contributed by atoms with Crippen molar-refractivity contribution in [2.24, 2.45) is 15.4 Å². The summed E-state index contributed by atoms with van der Waals surface area (Å²) in [6.45, 7) is 0. The molecule has 20 heavy (non-hydrogen) atoms. The van der Waals surface area contributed by atoms with Crippen LogP contribution in [0.5, 0.6) is 0 Å².